The fraction of sp³-hybridized carbons (Fsp3) is 0.345. The lowest BCUT2D eigenvalue weighted by Gasteiger charge is -2.30. The molecule has 0 saturated carbocycles. The second-order valence-electron chi connectivity index (χ2n) is 9.62. The maximum atomic E-state index is 9.33. The zero-order valence-corrected chi connectivity index (χ0v) is 22.3. The van der Waals surface area contributed by atoms with Gasteiger partial charge in [-0.05, 0) is 74.2 Å². The van der Waals surface area contributed by atoms with Crippen molar-refractivity contribution in [2.45, 2.75) is 39.0 Å². The summed E-state index contributed by atoms with van der Waals surface area (Å²) >= 11 is 12.6. The number of hydrogen-bond donors (Lipinski definition) is 1. The van der Waals surface area contributed by atoms with Crippen LogP contribution in [0.25, 0.3) is 6.08 Å². The van der Waals surface area contributed by atoms with Crippen LogP contribution in [0.15, 0.2) is 60.0 Å². The van der Waals surface area contributed by atoms with E-state index in [-0.39, 0.29) is 6.10 Å². The molecule has 2 aliphatic rings. The Hall–Kier alpha value is -2.77. The van der Waals surface area contributed by atoms with E-state index in [2.05, 4.69) is 33.1 Å². The molecule has 0 radical (unpaired) electrons. The van der Waals surface area contributed by atoms with Gasteiger partial charge in [-0.1, -0.05) is 41.4 Å². The van der Waals surface area contributed by atoms with E-state index < -0.39 is 0 Å². The van der Waals surface area contributed by atoms with Crippen LogP contribution < -0.4 is 4.74 Å². The molecular formula is C29H30Cl2N4O2. The van der Waals surface area contributed by atoms with Gasteiger partial charge in [0, 0.05) is 42.9 Å². The number of fused-ring (bicyclic) bond motifs is 1. The quantitative estimate of drug-likeness (QED) is 0.374. The molecule has 192 valence electrons. The number of ether oxygens (including phenoxy) is 1. The monoisotopic (exact) mass is 536 g/mol. The van der Waals surface area contributed by atoms with Crippen LogP contribution >= 0.6 is 23.2 Å². The Morgan fingerprint density at radius 3 is 2.57 bits per heavy atom. The van der Waals surface area contributed by atoms with Gasteiger partial charge in [0.25, 0.3) is 0 Å². The van der Waals surface area contributed by atoms with Crippen molar-refractivity contribution in [3.05, 3.63) is 93.0 Å². The lowest BCUT2D eigenvalue weighted by atomic mass is 9.98. The average Bonchev–Trinajstić information content (AvgIpc) is 3.31. The van der Waals surface area contributed by atoms with E-state index in [4.69, 9.17) is 32.9 Å². The molecule has 1 aromatic carbocycles. The normalized spacial score (nSPS) is 17.1. The van der Waals surface area contributed by atoms with Crippen molar-refractivity contribution >= 4 is 35.0 Å². The zero-order valence-electron chi connectivity index (χ0n) is 20.8. The van der Waals surface area contributed by atoms with Gasteiger partial charge in [0.05, 0.1) is 28.0 Å². The molecule has 4 heterocycles. The molecule has 2 aliphatic heterocycles. The fourth-order valence-electron chi connectivity index (χ4n) is 4.84. The van der Waals surface area contributed by atoms with Crippen LogP contribution in [0.5, 0.6) is 5.75 Å². The summed E-state index contributed by atoms with van der Waals surface area (Å²) < 4.78 is 6.18. The third kappa shape index (κ3) is 6.21. The van der Waals surface area contributed by atoms with Crippen LogP contribution in [0.1, 0.15) is 53.8 Å². The molecule has 3 aromatic rings. The zero-order chi connectivity index (χ0) is 25.8. The number of benzene rings is 1. The Labute approximate surface area is 227 Å². The molecule has 1 fully saturated rings. The highest BCUT2D eigenvalue weighted by Crippen LogP contribution is 2.33. The highest BCUT2D eigenvalue weighted by atomic mass is 35.5. The molecule has 1 N–H and O–H groups in total. The Morgan fingerprint density at radius 2 is 1.86 bits per heavy atom. The van der Waals surface area contributed by atoms with E-state index in [1.165, 1.54) is 0 Å². The lowest BCUT2D eigenvalue weighted by molar-refractivity contribution is 0.126. The molecule has 1 atom stereocenters. The number of halogens is 2. The number of aliphatic hydroxyl groups excluding tert-OH is 1. The molecule has 0 aliphatic carbocycles. The highest BCUT2D eigenvalue weighted by Gasteiger charge is 2.20. The van der Waals surface area contributed by atoms with Crippen LogP contribution in [0.4, 0.5) is 0 Å². The van der Waals surface area contributed by atoms with Gasteiger partial charge in [0.1, 0.15) is 11.9 Å². The van der Waals surface area contributed by atoms with Crippen molar-refractivity contribution < 1.29 is 9.84 Å². The smallest absolute Gasteiger partial charge is 0.124 e. The molecule has 37 heavy (non-hydrogen) atoms. The minimum absolute atomic E-state index is 0.297. The van der Waals surface area contributed by atoms with E-state index in [0.717, 1.165) is 71.9 Å². The molecule has 1 saturated heterocycles. The van der Waals surface area contributed by atoms with Gasteiger partial charge in [-0.25, -0.2) is 0 Å². The summed E-state index contributed by atoms with van der Waals surface area (Å²) in [6.45, 7) is 5.74. The number of likely N-dealkylation sites (tertiary alicyclic amines) is 1. The maximum absolute atomic E-state index is 9.33. The summed E-state index contributed by atoms with van der Waals surface area (Å²) in [5.41, 5.74) is 5.96. The van der Waals surface area contributed by atoms with Crippen molar-refractivity contribution in [3.8, 4) is 5.75 Å². The first-order chi connectivity index (χ1) is 18.0. The summed E-state index contributed by atoms with van der Waals surface area (Å²) in [5, 5.41) is 10.3. The van der Waals surface area contributed by atoms with Crippen molar-refractivity contribution in [2.24, 2.45) is 10.9 Å². The van der Waals surface area contributed by atoms with Crippen molar-refractivity contribution in [2.75, 3.05) is 19.7 Å². The third-order valence-electron chi connectivity index (χ3n) is 7.02. The summed E-state index contributed by atoms with van der Waals surface area (Å²) in [6.07, 6.45) is 10.9. The van der Waals surface area contributed by atoms with Crippen LogP contribution in [0.2, 0.25) is 10.0 Å². The topological polar surface area (TPSA) is 70.8 Å². The fourth-order valence-corrected chi connectivity index (χ4v) is 5.51. The third-order valence-corrected chi connectivity index (χ3v) is 7.62. The highest BCUT2D eigenvalue weighted by molar-refractivity contribution is 6.35. The van der Waals surface area contributed by atoms with E-state index in [1.54, 1.807) is 12.4 Å². The maximum Gasteiger partial charge on any atom is 0.124 e. The summed E-state index contributed by atoms with van der Waals surface area (Å²) in [5.74, 6) is 1.18. The molecule has 0 amide bonds. The molecular weight excluding hydrogens is 507 g/mol. The number of piperidine rings is 1. The molecule has 0 unspecified atom stereocenters. The number of aliphatic imine (C=N–C) groups is 1. The standard InChI is InChI=1S/C29H30Cl2N4O2/c1-19(29-26(30)15-32-16-27(29)31)37-24-6-4-22-14-34-28(25(22)12-24)7-3-20-2-5-23(33-13-20)17-35-10-8-21(18-36)9-11-35/h2-7,12-13,15-16,19,21,36H,8-11,14,17-18H2,1H3/b7-3+/t19-/m1/s1. The number of aromatic nitrogens is 2. The molecule has 8 heteroatoms. The van der Waals surface area contributed by atoms with Crippen molar-refractivity contribution in [1.29, 1.82) is 0 Å². The Balaban J connectivity index is 1.22. The van der Waals surface area contributed by atoms with E-state index in [9.17, 15) is 5.11 Å². The first-order valence-electron chi connectivity index (χ1n) is 12.6. The lowest BCUT2D eigenvalue weighted by Crippen LogP contribution is -2.34. The van der Waals surface area contributed by atoms with Gasteiger partial charge < -0.3 is 9.84 Å². The molecule has 2 aromatic heterocycles. The molecule has 5 rings (SSSR count). The summed E-state index contributed by atoms with van der Waals surface area (Å²) in [4.78, 5) is 15.8. The van der Waals surface area contributed by atoms with E-state index in [0.29, 0.717) is 29.1 Å². The minimum Gasteiger partial charge on any atom is -0.486 e. The first kappa shape index (κ1) is 25.9. The minimum atomic E-state index is -0.330. The van der Waals surface area contributed by atoms with Crippen LogP contribution in [0.3, 0.4) is 0 Å². The number of aliphatic hydroxyl groups is 1. The van der Waals surface area contributed by atoms with Crippen LogP contribution in [-0.4, -0.2) is 45.4 Å². The number of nitrogens with zero attached hydrogens (tertiary/aromatic N) is 4. The Kier molecular flexibility index (Phi) is 8.20. The Bertz CT molecular complexity index is 1280. The molecule has 0 bridgehead atoms. The van der Waals surface area contributed by atoms with Gasteiger partial charge in [-0.2, -0.15) is 0 Å². The van der Waals surface area contributed by atoms with Gasteiger partial charge in [0.2, 0.25) is 0 Å². The second kappa shape index (κ2) is 11.7. The number of rotatable bonds is 8. The van der Waals surface area contributed by atoms with Crippen molar-refractivity contribution in [1.82, 2.24) is 14.9 Å². The molecule has 6 nitrogen and oxygen atoms in total. The predicted molar refractivity (Wildman–Crippen MR) is 148 cm³/mol. The molecule has 0 spiro atoms. The summed E-state index contributed by atoms with van der Waals surface area (Å²) in [6, 6.07) is 10.2. The second-order valence-corrected chi connectivity index (χ2v) is 10.4. The van der Waals surface area contributed by atoms with E-state index in [1.807, 2.05) is 37.4 Å². The number of allylic oxidation sites excluding steroid dienone is 1. The van der Waals surface area contributed by atoms with Crippen LogP contribution in [0, 0.1) is 5.92 Å². The first-order valence-corrected chi connectivity index (χ1v) is 13.3. The SMILES string of the molecule is C[C@@H](Oc1ccc2c(c1)C(/C=C/c1ccc(CN3CCC(CO)CC3)nc1)=NC2)c1c(Cl)cncc1Cl. The number of hydrogen-bond acceptors (Lipinski definition) is 6. The van der Waals surface area contributed by atoms with Crippen LogP contribution in [-0.2, 0) is 13.1 Å². The van der Waals surface area contributed by atoms with Gasteiger partial charge in [0.15, 0.2) is 0 Å². The van der Waals surface area contributed by atoms with Gasteiger partial charge in [-0.3, -0.25) is 19.9 Å². The predicted octanol–water partition coefficient (Wildman–Crippen LogP) is 6.14. The summed E-state index contributed by atoms with van der Waals surface area (Å²) in [7, 11) is 0. The number of pyridine rings is 2. The van der Waals surface area contributed by atoms with E-state index >= 15 is 0 Å². The largest absolute Gasteiger partial charge is 0.486 e. The van der Waals surface area contributed by atoms with Gasteiger partial charge >= 0.3 is 0 Å². The van der Waals surface area contributed by atoms with Crippen molar-refractivity contribution in [3.63, 3.8) is 0 Å². The van der Waals surface area contributed by atoms with Gasteiger partial charge in [-0.15, -0.1) is 0 Å². The average molecular weight is 537 g/mol. The Morgan fingerprint density at radius 1 is 1.08 bits per heavy atom.